The van der Waals surface area contributed by atoms with Gasteiger partial charge in [0, 0.05) is 37.5 Å². The zero-order chi connectivity index (χ0) is 26.1. The van der Waals surface area contributed by atoms with Crippen molar-refractivity contribution < 1.29 is 9.59 Å². The minimum Gasteiger partial charge on any atom is -0.344 e. The Hall–Kier alpha value is -3.22. The van der Waals surface area contributed by atoms with Crippen LogP contribution in [0.25, 0.3) is 11.1 Å². The lowest BCUT2D eigenvalue weighted by atomic mass is 9.99. The van der Waals surface area contributed by atoms with Crippen LogP contribution in [0.3, 0.4) is 0 Å². The van der Waals surface area contributed by atoms with Crippen LogP contribution in [0.1, 0.15) is 30.7 Å². The van der Waals surface area contributed by atoms with Crippen LogP contribution < -0.4 is 5.73 Å². The normalized spacial score (nSPS) is 12.5. The summed E-state index contributed by atoms with van der Waals surface area (Å²) in [5.74, 6) is -0.271. The highest BCUT2D eigenvalue weighted by Crippen LogP contribution is 2.21. The molecular weight excluding hydrogens is 466 g/mol. The molecule has 1 aromatic heterocycles. The predicted molar refractivity (Wildman–Crippen MR) is 150 cm³/mol. The van der Waals surface area contributed by atoms with Crippen molar-refractivity contribution in [3.8, 4) is 11.1 Å². The third-order valence-corrected chi connectivity index (χ3v) is 7.08. The average Bonchev–Trinajstić information content (AvgIpc) is 3.39. The number of benzene rings is 2. The van der Waals surface area contributed by atoms with Gasteiger partial charge in [-0.15, -0.1) is 11.3 Å². The highest BCUT2D eigenvalue weighted by molar-refractivity contribution is 7.09. The summed E-state index contributed by atoms with van der Waals surface area (Å²) in [6.07, 6.45) is 5.12. The summed E-state index contributed by atoms with van der Waals surface area (Å²) in [5.41, 5.74) is 8.91. The van der Waals surface area contributed by atoms with Crippen molar-refractivity contribution in [2.24, 2.45) is 5.73 Å². The molecule has 3 rings (SSSR count). The predicted octanol–water partition coefficient (Wildman–Crippen LogP) is 5.17. The van der Waals surface area contributed by atoms with Gasteiger partial charge in [-0.05, 0) is 60.9 Å². The minimum atomic E-state index is -0.607. The van der Waals surface area contributed by atoms with Gasteiger partial charge in [-0.25, -0.2) is 0 Å². The van der Waals surface area contributed by atoms with E-state index in [1.807, 2.05) is 62.7 Å². The lowest BCUT2D eigenvalue weighted by Crippen LogP contribution is -2.49. The monoisotopic (exact) mass is 503 g/mol. The molecule has 1 heterocycles. The quantitative estimate of drug-likeness (QED) is 0.367. The van der Waals surface area contributed by atoms with Crippen molar-refractivity contribution in [3.63, 3.8) is 0 Å². The Balaban J connectivity index is 1.76. The van der Waals surface area contributed by atoms with E-state index < -0.39 is 11.6 Å². The molecular formula is C30H37N3O2S. The second kappa shape index (κ2) is 12.7. The van der Waals surface area contributed by atoms with E-state index in [-0.39, 0.29) is 11.8 Å². The van der Waals surface area contributed by atoms with Crippen LogP contribution in [-0.4, -0.2) is 53.8 Å². The molecule has 0 spiro atoms. The average molecular weight is 504 g/mol. The van der Waals surface area contributed by atoms with E-state index in [9.17, 15) is 9.59 Å². The molecule has 0 aliphatic heterocycles. The molecule has 0 unspecified atom stereocenters. The molecule has 190 valence electrons. The Kier molecular flexibility index (Phi) is 9.62. The van der Waals surface area contributed by atoms with Crippen molar-refractivity contribution in [1.29, 1.82) is 0 Å². The zero-order valence-electron chi connectivity index (χ0n) is 21.7. The maximum absolute atomic E-state index is 13.6. The number of hydrogen-bond donors (Lipinski definition) is 1. The van der Waals surface area contributed by atoms with Crippen molar-refractivity contribution >= 4 is 23.2 Å². The highest BCUT2D eigenvalue weighted by Gasteiger charge is 2.29. The molecule has 0 aliphatic carbocycles. The van der Waals surface area contributed by atoms with E-state index >= 15 is 0 Å². The molecule has 3 aromatic rings. The summed E-state index contributed by atoms with van der Waals surface area (Å²) in [7, 11) is 3.51. The molecule has 0 aliphatic rings. The number of carbonyl (C=O) groups is 2. The first kappa shape index (κ1) is 27.4. The first-order valence-electron chi connectivity index (χ1n) is 12.3. The standard InChI is InChI=1S/C30H37N3O2S/c1-30(2,31)19-8-13-28(34)33(4)27(29(35)32(3)20-18-26-12-9-21-36-26)22-23-14-16-25(17-15-23)24-10-6-5-7-11-24/h5-17,21,27H,18-20,22,31H2,1-4H3/b13-8+/t27-/m1/s1. The summed E-state index contributed by atoms with van der Waals surface area (Å²) >= 11 is 1.69. The van der Waals surface area contributed by atoms with Crippen LogP contribution in [-0.2, 0) is 22.4 Å². The summed E-state index contributed by atoms with van der Waals surface area (Å²) < 4.78 is 0. The minimum absolute atomic E-state index is 0.0675. The molecule has 0 bridgehead atoms. The van der Waals surface area contributed by atoms with Gasteiger partial charge in [0.25, 0.3) is 0 Å². The van der Waals surface area contributed by atoms with Gasteiger partial charge >= 0.3 is 0 Å². The van der Waals surface area contributed by atoms with Crippen molar-refractivity contribution in [2.75, 3.05) is 20.6 Å². The maximum atomic E-state index is 13.6. The molecule has 0 saturated carbocycles. The zero-order valence-corrected chi connectivity index (χ0v) is 22.5. The van der Waals surface area contributed by atoms with Crippen LogP contribution in [0.4, 0.5) is 0 Å². The van der Waals surface area contributed by atoms with E-state index in [1.54, 1.807) is 34.3 Å². The molecule has 0 fully saturated rings. The molecule has 0 saturated heterocycles. The van der Waals surface area contributed by atoms with E-state index in [0.29, 0.717) is 19.4 Å². The molecule has 5 nitrogen and oxygen atoms in total. The smallest absolute Gasteiger partial charge is 0.246 e. The van der Waals surface area contributed by atoms with Crippen LogP contribution in [0.5, 0.6) is 0 Å². The lowest BCUT2D eigenvalue weighted by molar-refractivity contribution is -0.141. The number of likely N-dealkylation sites (N-methyl/N-ethyl adjacent to an activating group) is 2. The van der Waals surface area contributed by atoms with E-state index in [0.717, 1.165) is 23.1 Å². The van der Waals surface area contributed by atoms with Crippen molar-refractivity contribution in [1.82, 2.24) is 9.80 Å². The summed E-state index contributed by atoms with van der Waals surface area (Å²) in [6.45, 7) is 4.43. The maximum Gasteiger partial charge on any atom is 0.246 e. The van der Waals surface area contributed by atoms with Crippen LogP contribution >= 0.6 is 11.3 Å². The van der Waals surface area contributed by atoms with Gasteiger partial charge in [-0.3, -0.25) is 9.59 Å². The number of rotatable bonds is 11. The Labute approximate surface area is 219 Å². The fourth-order valence-corrected chi connectivity index (χ4v) is 4.61. The van der Waals surface area contributed by atoms with Gasteiger partial charge in [0.2, 0.25) is 11.8 Å². The number of amides is 2. The van der Waals surface area contributed by atoms with Gasteiger partial charge in [-0.2, -0.15) is 0 Å². The number of nitrogens with zero attached hydrogens (tertiary/aromatic N) is 2. The van der Waals surface area contributed by atoms with Gasteiger partial charge in [0.05, 0.1) is 0 Å². The molecule has 0 radical (unpaired) electrons. The third-order valence-electron chi connectivity index (χ3n) is 6.14. The molecule has 2 aromatic carbocycles. The first-order valence-corrected chi connectivity index (χ1v) is 13.2. The second-order valence-electron chi connectivity index (χ2n) is 9.92. The molecule has 2 amide bonds. The van der Waals surface area contributed by atoms with Gasteiger partial charge in [0.15, 0.2) is 0 Å². The van der Waals surface area contributed by atoms with Crippen molar-refractivity contribution in [2.45, 2.75) is 44.7 Å². The van der Waals surface area contributed by atoms with Crippen molar-refractivity contribution in [3.05, 3.63) is 94.7 Å². The Morgan fingerprint density at radius 3 is 2.25 bits per heavy atom. The van der Waals surface area contributed by atoms with Gasteiger partial charge in [-0.1, -0.05) is 66.7 Å². The fourth-order valence-electron chi connectivity index (χ4n) is 3.91. The number of thiophene rings is 1. The number of hydrogen-bond acceptors (Lipinski definition) is 4. The largest absolute Gasteiger partial charge is 0.344 e. The third kappa shape index (κ3) is 8.18. The first-order chi connectivity index (χ1) is 17.1. The molecule has 36 heavy (non-hydrogen) atoms. The number of nitrogens with two attached hydrogens (primary N) is 1. The van der Waals surface area contributed by atoms with Gasteiger partial charge in [0.1, 0.15) is 6.04 Å². The molecule has 1 atom stereocenters. The lowest BCUT2D eigenvalue weighted by Gasteiger charge is -2.30. The SMILES string of the molecule is CN(CCc1cccs1)C(=O)[C@@H](Cc1ccc(-c2ccccc2)cc1)N(C)C(=O)/C=C/CC(C)(C)N. The van der Waals surface area contributed by atoms with E-state index in [4.69, 9.17) is 5.73 Å². The highest BCUT2D eigenvalue weighted by atomic mass is 32.1. The Morgan fingerprint density at radius 2 is 1.64 bits per heavy atom. The topological polar surface area (TPSA) is 66.6 Å². The number of carbonyl (C=O) groups excluding carboxylic acids is 2. The fraction of sp³-hybridized carbons (Fsp3) is 0.333. The van der Waals surface area contributed by atoms with Crippen LogP contribution in [0.15, 0.2) is 84.3 Å². The summed E-state index contributed by atoms with van der Waals surface area (Å²) in [4.78, 5) is 31.1. The van der Waals surface area contributed by atoms with Gasteiger partial charge < -0.3 is 15.5 Å². The second-order valence-corrected chi connectivity index (χ2v) is 10.9. The summed E-state index contributed by atoms with van der Waals surface area (Å²) in [5, 5.41) is 2.04. The molecule has 2 N–H and O–H groups in total. The van der Waals surface area contributed by atoms with Crippen LogP contribution in [0, 0.1) is 0 Å². The Morgan fingerprint density at radius 1 is 0.972 bits per heavy atom. The van der Waals surface area contributed by atoms with E-state index in [2.05, 4.69) is 30.3 Å². The van der Waals surface area contributed by atoms with Crippen LogP contribution in [0.2, 0.25) is 0 Å². The Bertz CT molecular complexity index is 1130. The van der Waals surface area contributed by atoms with E-state index in [1.165, 1.54) is 11.0 Å². The summed E-state index contributed by atoms with van der Waals surface area (Å²) in [6, 6.07) is 21.9. The molecule has 6 heteroatoms.